The third-order valence-corrected chi connectivity index (χ3v) is 6.14. The predicted molar refractivity (Wildman–Crippen MR) is 109 cm³/mol. The van der Waals surface area contributed by atoms with E-state index in [9.17, 15) is 0 Å². The van der Waals surface area contributed by atoms with Crippen molar-refractivity contribution in [2.75, 3.05) is 19.7 Å². The lowest BCUT2D eigenvalue weighted by Crippen LogP contribution is -2.43. The lowest BCUT2D eigenvalue weighted by Gasteiger charge is -2.38. The number of imidazole rings is 1. The minimum absolute atomic E-state index is 0.789. The van der Waals surface area contributed by atoms with Gasteiger partial charge in [0.2, 0.25) is 0 Å². The monoisotopic (exact) mass is 361 g/mol. The number of ether oxygens (including phenoxy) is 1. The molecule has 1 aliphatic heterocycles. The van der Waals surface area contributed by atoms with Crippen molar-refractivity contribution >= 4 is 11.0 Å². The molecule has 1 saturated carbocycles. The molecule has 27 heavy (non-hydrogen) atoms. The van der Waals surface area contributed by atoms with Crippen LogP contribution in [-0.4, -0.2) is 40.2 Å². The molecular formula is C23H27N3O. The van der Waals surface area contributed by atoms with Crippen LogP contribution in [0, 0.1) is 0 Å². The molecule has 0 bridgehead atoms. The minimum atomic E-state index is 0.789. The molecule has 0 unspecified atom stereocenters. The maximum Gasteiger partial charge on any atom is 0.122 e. The van der Waals surface area contributed by atoms with Crippen LogP contribution in [0.2, 0.25) is 0 Å². The molecular weight excluding hydrogens is 334 g/mol. The van der Waals surface area contributed by atoms with Crippen LogP contribution in [-0.2, 0) is 6.42 Å². The molecule has 0 atom stereocenters. The van der Waals surface area contributed by atoms with Gasteiger partial charge in [-0.3, -0.25) is 9.47 Å². The van der Waals surface area contributed by atoms with Gasteiger partial charge in [-0.05, 0) is 74.5 Å². The predicted octanol–water partition coefficient (Wildman–Crippen LogP) is 4.60. The maximum atomic E-state index is 6.21. The van der Waals surface area contributed by atoms with E-state index in [0.29, 0.717) is 0 Å². The highest BCUT2D eigenvalue weighted by Gasteiger charge is 2.24. The number of aromatic nitrogens is 2. The summed E-state index contributed by atoms with van der Waals surface area (Å²) in [7, 11) is 0. The molecule has 1 aliphatic carbocycles. The van der Waals surface area contributed by atoms with Crippen LogP contribution in [0.1, 0.15) is 37.7 Å². The van der Waals surface area contributed by atoms with Gasteiger partial charge >= 0.3 is 0 Å². The molecule has 0 amide bonds. The first-order valence-electron chi connectivity index (χ1n) is 10.3. The van der Waals surface area contributed by atoms with E-state index in [1.807, 2.05) is 12.4 Å². The number of hydrogen-bond donors (Lipinski definition) is 0. The topological polar surface area (TPSA) is 30.3 Å². The van der Waals surface area contributed by atoms with Gasteiger partial charge in [0.05, 0.1) is 11.0 Å². The molecule has 2 aromatic carbocycles. The summed E-state index contributed by atoms with van der Waals surface area (Å²) in [6, 6.07) is 15.7. The van der Waals surface area contributed by atoms with Gasteiger partial charge in [0.25, 0.3) is 0 Å². The first-order chi connectivity index (χ1) is 13.4. The normalized spacial score (nSPS) is 19.3. The molecule has 1 aromatic heterocycles. The zero-order valence-corrected chi connectivity index (χ0v) is 15.8. The molecule has 0 saturated heterocycles. The van der Waals surface area contributed by atoms with Crippen molar-refractivity contribution in [1.82, 2.24) is 14.5 Å². The van der Waals surface area contributed by atoms with Crippen LogP contribution in [0.15, 0.2) is 48.8 Å². The van der Waals surface area contributed by atoms with Gasteiger partial charge in [-0.2, -0.15) is 0 Å². The van der Waals surface area contributed by atoms with Crippen LogP contribution in [0.25, 0.3) is 16.7 Å². The Morgan fingerprint density at radius 2 is 1.89 bits per heavy atom. The number of benzene rings is 2. The molecule has 0 spiro atoms. The fraction of sp³-hybridized carbons (Fsp3) is 0.435. The second-order valence-electron chi connectivity index (χ2n) is 7.82. The number of aryl methyl sites for hydroxylation is 1. The Balaban J connectivity index is 1.39. The molecule has 4 nitrogen and oxygen atoms in total. The van der Waals surface area contributed by atoms with E-state index in [1.165, 1.54) is 49.9 Å². The molecule has 1 fully saturated rings. The summed E-state index contributed by atoms with van der Waals surface area (Å²) in [6.07, 6.45) is 9.63. The quantitative estimate of drug-likeness (QED) is 0.668. The second-order valence-corrected chi connectivity index (χ2v) is 7.82. The molecule has 3 aromatic rings. The van der Waals surface area contributed by atoms with Crippen molar-refractivity contribution in [3.8, 4) is 11.4 Å². The SMILES string of the molecule is c1ccc2c(c1)ncn2-c1ccc2c(c1)CCCCN(C1CCC1)CCO2. The lowest BCUT2D eigenvalue weighted by molar-refractivity contribution is 0.103. The highest BCUT2D eigenvalue weighted by Crippen LogP contribution is 2.29. The molecule has 140 valence electrons. The molecule has 0 N–H and O–H groups in total. The number of hydrogen-bond acceptors (Lipinski definition) is 3. The number of rotatable bonds is 2. The van der Waals surface area contributed by atoms with E-state index in [-0.39, 0.29) is 0 Å². The standard InChI is InChI=1S/C23H27N3O/c1-2-10-22-21(9-1)24-17-26(22)20-11-12-23-18(16-20)6-3-4-13-25(14-15-27-23)19-7-5-8-19/h1-2,9-12,16-17,19H,3-8,13-15H2. The van der Waals surface area contributed by atoms with Crippen LogP contribution < -0.4 is 4.74 Å². The van der Waals surface area contributed by atoms with Crippen molar-refractivity contribution in [2.24, 2.45) is 0 Å². The summed E-state index contributed by atoms with van der Waals surface area (Å²) in [5.41, 5.74) is 4.67. The zero-order valence-electron chi connectivity index (χ0n) is 15.8. The minimum Gasteiger partial charge on any atom is -0.492 e. The third kappa shape index (κ3) is 3.34. The van der Waals surface area contributed by atoms with Gasteiger partial charge in [0.15, 0.2) is 0 Å². The van der Waals surface area contributed by atoms with Crippen molar-refractivity contribution in [3.63, 3.8) is 0 Å². The fourth-order valence-corrected chi connectivity index (χ4v) is 4.35. The highest BCUT2D eigenvalue weighted by atomic mass is 16.5. The summed E-state index contributed by atoms with van der Waals surface area (Å²) in [5.74, 6) is 1.05. The summed E-state index contributed by atoms with van der Waals surface area (Å²) in [5, 5.41) is 0. The zero-order chi connectivity index (χ0) is 18.1. The fourth-order valence-electron chi connectivity index (χ4n) is 4.35. The first kappa shape index (κ1) is 16.8. The molecule has 4 heteroatoms. The largest absolute Gasteiger partial charge is 0.492 e. The van der Waals surface area contributed by atoms with Crippen LogP contribution >= 0.6 is 0 Å². The van der Waals surface area contributed by atoms with Crippen molar-refractivity contribution in [1.29, 1.82) is 0 Å². The Labute approximate surface area is 160 Å². The molecule has 2 heterocycles. The summed E-state index contributed by atoms with van der Waals surface area (Å²) in [6.45, 7) is 3.06. The van der Waals surface area contributed by atoms with Gasteiger partial charge in [-0.15, -0.1) is 0 Å². The van der Waals surface area contributed by atoms with E-state index in [0.717, 1.165) is 42.4 Å². The number of para-hydroxylation sites is 2. The number of fused-ring (bicyclic) bond motifs is 2. The van der Waals surface area contributed by atoms with E-state index in [4.69, 9.17) is 4.74 Å². The summed E-state index contributed by atoms with van der Waals surface area (Å²) in [4.78, 5) is 7.19. The molecule has 0 radical (unpaired) electrons. The smallest absolute Gasteiger partial charge is 0.122 e. The second kappa shape index (κ2) is 7.35. The Morgan fingerprint density at radius 1 is 0.963 bits per heavy atom. The summed E-state index contributed by atoms with van der Waals surface area (Å²) < 4.78 is 8.38. The van der Waals surface area contributed by atoms with Gasteiger partial charge in [0.1, 0.15) is 18.7 Å². The van der Waals surface area contributed by atoms with Crippen LogP contribution in [0.3, 0.4) is 0 Å². The van der Waals surface area contributed by atoms with Crippen LogP contribution in [0.4, 0.5) is 0 Å². The van der Waals surface area contributed by atoms with E-state index < -0.39 is 0 Å². The molecule has 5 rings (SSSR count). The molecule has 2 aliphatic rings. The number of nitrogens with zero attached hydrogens (tertiary/aromatic N) is 3. The Kier molecular flexibility index (Phi) is 4.58. The Hall–Kier alpha value is -2.33. The van der Waals surface area contributed by atoms with Gasteiger partial charge in [-0.25, -0.2) is 4.98 Å². The van der Waals surface area contributed by atoms with E-state index in [1.54, 1.807) is 0 Å². The van der Waals surface area contributed by atoms with E-state index in [2.05, 4.69) is 50.8 Å². The average Bonchev–Trinajstić information content (AvgIpc) is 3.08. The van der Waals surface area contributed by atoms with Crippen molar-refractivity contribution in [2.45, 2.75) is 44.6 Å². The lowest BCUT2D eigenvalue weighted by atomic mass is 9.91. The van der Waals surface area contributed by atoms with Gasteiger partial charge in [0, 0.05) is 18.3 Å². The summed E-state index contributed by atoms with van der Waals surface area (Å²) >= 11 is 0. The van der Waals surface area contributed by atoms with E-state index >= 15 is 0 Å². The van der Waals surface area contributed by atoms with Crippen molar-refractivity contribution < 1.29 is 4.74 Å². The third-order valence-electron chi connectivity index (χ3n) is 6.14. The maximum absolute atomic E-state index is 6.21. The van der Waals surface area contributed by atoms with Gasteiger partial charge in [-0.1, -0.05) is 18.6 Å². The Bertz CT molecular complexity index is 928. The van der Waals surface area contributed by atoms with Crippen molar-refractivity contribution in [3.05, 3.63) is 54.4 Å². The average molecular weight is 361 g/mol. The highest BCUT2D eigenvalue weighted by molar-refractivity contribution is 5.77. The van der Waals surface area contributed by atoms with Gasteiger partial charge < -0.3 is 4.74 Å². The Morgan fingerprint density at radius 3 is 2.78 bits per heavy atom. The first-order valence-corrected chi connectivity index (χ1v) is 10.3. The van der Waals surface area contributed by atoms with Crippen LogP contribution in [0.5, 0.6) is 5.75 Å².